The minimum Gasteiger partial charge on any atom is -0.466 e. The Morgan fingerprint density at radius 1 is 0.406 bits per heavy atom. The molecule has 408 valence electrons. The van der Waals surface area contributed by atoms with Crippen LogP contribution in [0.1, 0.15) is 341 Å². The average Bonchev–Trinajstić information content (AvgIpc) is 3.35. The van der Waals surface area contributed by atoms with E-state index in [4.69, 9.17) is 4.74 Å². The van der Waals surface area contributed by atoms with Crippen LogP contribution in [0.5, 0.6) is 0 Å². The summed E-state index contributed by atoms with van der Waals surface area (Å²) in [6.45, 7) is 4.92. The highest BCUT2D eigenvalue weighted by atomic mass is 16.5. The largest absolute Gasteiger partial charge is 0.466 e. The van der Waals surface area contributed by atoms with Gasteiger partial charge in [0, 0.05) is 12.8 Å². The van der Waals surface area contributed by atoms with Gasteiger partial charge in [-0.25, -0.2) is 0 Å². The van der Waals surface area contributed by atoms with Crippen LogP contribution < -0.4 is 5.32 Å². The number of unbranched alkanes of at least 4 members (excludes halogenated alkanes) is 43. The van der Waals surface area contributed by atoms with Gasteiger partial charge < -0.3 is 20.3 Å². The minimum atomic E-state index is -0.661. The summed E-state index contributed by atoms with van der Waals surface area (Å²) in [6, 6.07) is -0.538. The number of carbonyl (C=O) groups is 2. The van der Waals surface area contributed by atoms with Crippen molar-refractivity contribution in [1.29, 1.82) is 0 Å². The molecule has 3 N–H and O–H groups in total. The van der Waals surface area contributed by atoms with Crippen molar-refractivity contribution in [3.63, 3.8) is 0 Å². The van der Waals surface area contributed by atoms with Gasteiger partial charge >= 0.3 is 5.97 Å². The van der Waals surface area contributed by atoms with E-state index in [2.05, 4.69) is 43.5 Å². The van der Waals surface area contributed by atoms with E-state index in [0.29, 0.717) is 25.9 Å². The zero-order valence-electron chi connectivity index (χ0n) is 46.6. The van der Waals surface area contributed by atoms with Gasteiger partial charge in [0.25, 0.3) is 0 Å². The number of esters is 1. The maximum absolute atomic E-state index is 12.4. The molecule has 0 aliphatic heterocycles. The summed E-state index contributed by atoms with van der Waals surface area (Å²) in [5, 5.41) is 23.1. The first-order valence-electron chi connectivity index (χ1n) is 31.1. The summed E-state index contributed by atoms with van der Waals surface area (Å²) < 4.78 is 5.50. The molecule has 0 saturated carbocycles. The summed E-state index contributed by atoms with van der Waals surface area (Å²) >= 11 is 0. The van der Waals surface area contributed by atoms with Crippen LogP contribution in [0.2, 0.25) is 0 Å². The highest BCUT2D eigenvalue weighted by Gasteiger charge is 2.20. The van der Waals surface area contributed by atoms with Crippen molar-refractivity contribution in [2.24, 2.45) is 0 Å². The van der Waals surface area contributed by atoms with Crippen molar-refractivity contribution < 1.29 is 24.5 Å². The fourth-order valence-electron chi connectivity index (χ4n) is 9.73. The number of hydrogen-bond acceptors (Lipinski definition) is 5. The van der Waals surface area contributed by atoms with E-state index in [1.165, 1.54) is 257 Å². The van der Waals surface area contributed by atoms with Gasteiger partial charge in [0.2, 0.25) is 5.91 Å². The number of hydrogen-bond donors (Lipinski definition) is 3. The number of rotatable bonds is 58. The van der Waals surface area contributed by atoms with E-state index < -0.39 is 12.1 Å². The molecule has 6 nitrogen and oxygen atoms in total. The minimum absolute atomic E-state index is 0.0119. The Balaban J connectivity index is 3.32. The molecule has 0 radical (unpaired) electrons. The van der Waals surface area contributed by atoms with Crippen LogP contribution in [0.25, 0.3) is 0 Å². The number of allylic oxidation sites excluding steroid dienone is 4. The smallest absolute Gasteiger partial charge is 0.305 e. The van der Waals surface area contributed by atoms with E-state index in [1.54, 1.807) is 0 Å². The Morgan fingerprint density at radius 3 is 1.13 bits per heavy atom. The van der Waals surface area contributed by atoms with E-state index >= 15 is 0 Å². The van der Waals surface area contributed by atoms with Gasteiger partial charge in [-0.2, -0.15) is 0 Å². The molecule has 0 aliphatic carbocycles. The molecular formula is C63H121NO5. The molecule has 0 spiro atoms. The van der Waals surface area contributed by atoms with Crippen molar-refractivity contribution >= 4 is 11.9 Å². The highest BCUT2D eigenvalue weighted by Crippen LogP contribution is 2.18. The van der Waals surface area contributed by atoms with Gasteiger partial charge in [-0.3, -0.25) is 9.59 Å². The summed E-state index contributed by atoms with van der Waals surface area (Å²) in [5.41, 5.74) is 0. The van der Waals surface area contributed by atoms with Gasteiger partial charge in [-0.15, -0.1) is 0 Å². The SMILES string of the molecule is CCCCC/C=C\C/C=C\CCCCCCCCCCCC(=O)OCCCCCCCCCCCCCCCCCCCCCCCCCCC(=O)NC(CO)C(O)CCCCCCCCCCC. The first-order chi connectivity index (χ1) is 34.0. The Bertz CT molecular complexity index is 1080. The molecule has 0 bridgehead atoms. The van der Waals surface area contributed by atoms with Gasteiger partial charge in [0.05, 0.1) is 25.4 Å². The normalized spacial score (nSPS) is 12.7. The topological polar surface area (TPSA) is 95.9 Å². The summed E-state index contributed by atoms with van der Waals surface area (Å²) in [5.74, 6) is -0.0234. The highest BCUT2D eigenvalue weighted by molar-refractivity contribution is 5.76. The van der Waals surface area contributed by atoms with Crippen LogP contribution in [0, 0.1) is 0 Å². The molecule has 2 unspecified atom stereocenters. The number of aliphatic hydroxyl groups excluding tert-OH is 2. The van der Waals surface area contributed by atoms with Gasteiger partial charge in [0.15, 0.2) is 0 Å². The predicted molar refractivity (Wildman–Crippen MR) is 301 cm³/mol. The molecule has 0 fully saturated rings. The molecule has 2 atom stereocenters. The average molecular weight is 973 g/mol. The third-order valence-electron chi connectivity index (χ3n) is 14.5. The monoisotopic (exact) mass is 972 g/mol. The number of carbonyl (C=O) groups excluding carboxylic acids is 2. The predicted octanol–water partition coefficient (Wildman–Crippen LogP) is 19.4. The standard InChI is InChI=1S/C63H121NO5/c1-3-5-7-9-11-13-14-15-16-17-24-28-31-34-37-41-45-49-53-57-63(68)69-58-54-50-46-42-38-35-32-29-26-23-21-19-18-20-22-25-27-30-33-36-40-44-48-52-56-62(67)64-60(59-65)61(66)55-51-47-43-39-12-10-8-6-4-2/h11,13,15-16,60-61,65-66H,3-10,12,14,17-59H2,1-2H3,(H,64,67)/b13-11-,16-15-. The summed E-state index contributed by atoms with van der Waals surface area (Å²) in [4.78, 5) is 24.5. The summed E-state index contributed by atoms with van der Waals surface area (Å²) in [6.07, 6.45) is 72.0. The molecule has 0 aromatic rings. The zero-order chi connectivity index (χ0) is 50.0. The lowest BCUT2D eigenvalue weighted by molar-refractivity contribution is -0.143. The quantitative estimate of drug-likeness (QED) is 0.0321. The third kappa shape index (κ3) is 55.5. The molecule has 6 heteroatoms. The Kier molecular flexibility index (Phi) is 57.5. The Morgan fingerprint density at radius 2 is 0.725 bits per heavy atom. The number of nitrogens with one attached hydrogen (secondary N) is 1. The van der Waals surface area contributed by atoms with Gasteiger partial charge in [-0.1, -0.05) is 295 Å². The van der Waals surface area contributed by atoms with Crippen molar-refractivity contribution in [3.05, 3.63) is 24.3 Å². The van der Waals surface area contributed by atoms with Gasteiger partial charge in [0.1, 0.15) is 0 Å². The third-order valence-corrected chi connectivity index (χ3v) is 14.5. The molecule has 1 amide bonds. The molecule has 0 rings (SSSR count). The number of ether oxygens (including phenoxy) is 1. The van der Waals surface area contributed by atoms with Crippen LogP contribution in [0.4, 0.5) is 0 Å². The lowest BCUT2D eigenvalue weighted by Gasteiger charge is -2.22. The molecule has 0 aromatic heterocycles. The lowest BCUT2D eigenvalue weighted by Crippen LogP contribution is -2.45. The van der Waals surface area contributed by atoms with Crippen molar-refractivity contribution in [3.8, 4) is 0 Å². The van der Waals surface area contributed by atoms with Crippen molar-refractivity contribution in [2.45, 2.75) is 353 Å². The lowest BCUT2D eigenvalue weighted by atomic mass is 10.0. The summed E-state index contributed by atoms with van der Waals surface area (Å²) in [7, 11) is 0. The fraction of sp³-hybridized carbons (Fsp3) is 0.905. The van der Waals surface area contributed by atoms with E-state index in [1.807, 2.05) is 0 Å². The van der Waals surface area contributed by atoms with E-state index in [-0.39, 0.29) is 18.5 Å². The van der Waals surface area contributed by atoms with E-state index in [0.717, 1.165) is 51.4 Å². The van der Waals surface area contributed by atoms with E-state index in [9.17, 15) is 19.8 Å². The molecule has 0 aromatic carbocycles. The molecule has 0 saturated heterocycles. The van der Waals surface area contributed by atoms with Crippen LogP contribution in [-0.2, 0) is 14.3 Å². The molecule has 0 heterocycles. The maximum Gasteiger partial charge on any atom is 0.305 e. The maximum atomic E-state index is 12.4. The second-order valence-corrected chi connectivity index (χ2v) is 21.4. The van der Waals surface area contributed by atoms with Crippen LogP contribution >= 0.6 is 0 Å². The molecular weight excluding hydrogens is 851 g/mol. The second kappa shape index (κ2) is 58.9. The molecule has 0 aliphatic rings. The molecule has 69 heavy (non-hydrogen) atoms. The first kappa shape index (κ1) is 67.3. The Labute approximate surface area is 431 Å². The van der Waals surface area contributed by atoms with Crippen LogP contribution in [0.15, 0.2) is 24.3 Å². The van der Waals surface area contributed by atoms with Crippen molar-refractivity contribution in [1.82, 2.24) is 5.32 Å². The first-order valence-corrected chi connectivity index (χ1v) is 31.1. The van der Waals surface area contributed by atoms with Crippen LogP contribution in [0.3, 0.4) is 0 Å². The van der Waals surface area contributed by atoms with Crippen LogP contribution in [-0.4, -0.2) is 47.4 Å². The second-order valence-electron chi connectivity index (χ2n) is 21.4. The zero-order valence-corrected chi connectivity index (χ0v) is 46.6. The number of amides is 1. The Hall–Kier alpha value is -1.66. The van der Waals surface area contributed by atoms with Crippen molar-refractivity contribution in [2.75, 3.05) is 13.2 Å². The van der Waals surface area contributed by atoms with Gasteiger partial charge in [-0.05, 0) is 57.8 Å². The fourth-order valence-corrected chi connectivity index (χ4v) is 9.73. The number of aliphatic hydroxyl groups is 2.